The number of halogens is 2. The number of rotatable bonds is 4. The van der Waals surface area contributed by atoms with Crippen LogP contribution < -0.4 is 5.32 Å². The molecule has 0 saturated heterocycles. The first-order valence-corrected chi connectivity index (χ1v) is 5.95. The van der Waals surface area contributed by atoms with Gasteiger partial charge in [0.15, 0.2) is 0 Å². The second kappa shape index (κ2) is 6.69. The van der Waals surface area contributed by atoms with Crippen LogP contribution in [0.1, 0.15) is 6.92 Å². The van der Waals surface area contributed by atoms with Gasteiger partial charge in [-0.25, -0.2) is 4.79 Å². The lowest BCUT2D eigenvalue weighted by molar-refractivity contribution is 0.192. The van der Waals surface area contributed by atoms with E-state index < -0.39 is 0 Å². The van der Waals surface area contributed by atoms with Crippen molar-refractivity contribution < 1.29 is 9.90 Å². The van der Waals surface area contributed by atoms with Crippen molar-refractivity contribution in [3.8, 4) is 0 Å². The molecule has 0 aliphatic heterocycles. The topological polar surface area (TPSA) is 52.6 Å². The smallest absolute Gasteiger partial charge is 0.321 e. The number of amides is 2. The number of hydrogen-bond donors (Lipinski definition) is 2. The minimum Gasteiger partial charge on any atom is -0.395 e. The van der Waals surface area contributed by atoms with Gasteiger partial charge in [-0.05, 0) is 25.1 Å². The van der Waals surface area contributed by atoms with Crippen LogP contribution in [0.2, 0.25) is 10.0 Å². The lowest BCUT2D eigenvalue weighted by Gasteiger charge is -2.20. The third-order valence-corrected chi connectivity index (χ3v) is 2.59. The van der Waals surface area contributed by atoms with Gasteiger partial charge in [0, 0.05) is 28.8 Å². The second-order valence-electron chi connectivity index (χ2n) is 3.39. The number of nitrogens with zero attached hydrogens (tertiary/aromatic N) is 1. The number of aliphatic hydroxyl groups excluding tert-OH is 1. The van der Waals surface area contributed by atoms with E-state index in [0.717, 1.165) is 0 Å². The molecule has 0 aliphatic carbocycles. The zero-order valence-corrected chi connectivity index (χ0v) is 10.9. The maximum Gasteiger partial charge on any atom is 0.321 e. The van der Waals surface area contributed by atoms with E-state index in [1.807, 2.05) is 6.92 Å². The van der Waals surface area contributed by atoms with Gasteiger partial charge in [-0.3, -0.25) is 0 Å². The van der Waals surface area contributed by atoms with Gasteiger partial charge in [-0.2, -0.15) is 0 Å². The molecule has 6 heteroatoms. The molecule has 0 aromatic heterocycles. The monoisotopic (exact) mass is 276 g/mol. The average Bonchev–Trinajstić information content (AvgIpc) is 2.24. The zero-order valence-electron chi connectivity index (χ0n) is 9.41. The Morgan fingerprint density at radius 3 is 2.41 bits per heavy atom. The van der Waals surface area contributed by atoms with Crippen molar-refractivity contribution in [2.45, 2.75) is 6.92 Å². The number of nitrogens with one attached hydrogen (secondary N) is 1. The summed E-state index contributed by atoms with van der Waals surface area (Å²) in [4.78, 5) is 13.3. The SMILES string of the molecule is CCN(CCO)C(=O)Nc1cc(Cl)cc(Cl)c1. The summed E-state index contributed by atoms with van der Waals surface area (Å²) in [6.07, 6.45) is 0. The minimum absolute atomic E-state index is 0.0719. The van der Waals surface area contributed by atoms with Crippen LogP contribution >= 0.6 is 23.2 Å². The highest BCUT2D eigenvalue weighted by molar-refractivity contribution is 6.35. The van der Waals surface area contributed by atoms with Crippen molar-refractivity contribution in [1.29, 1.82) is 0 Å². The summed E-state index contributed by atoms with van der Waals surface area (Å²) in [5.74, 6) is 0. The molecule has 0 heterocycles. The molecule has 1 rings (SSSR count). The fraction of sp³-hybridized carbons (Fsp3) is 0.364. The third-order valence-electron chi connectivity index (χ3n) is 2.15. The van der Waals surface area contributed by atoms with Crippen LogP contribution in [0, 0.1) is 0 Å². The molecule has 4 nitrogen and oxygen atoms in total. The highest BCUT2D eigenvalue weighted by Crippen LogP contribution is 2.22. The summed E-state index contributed by atoms with van der Waals surface area (Å²) >= 11 is 11.6. The van der Waals surface area contributed by atoms with Gasteiger partial charge in [-0.1, -0.05) is 23.2 Å². The zero-order chi connectivity index (χ0) is 12.8. The van der Waals surface area contributed by atoms with Crippen LogP contribution in [0.4, 0.5) is 10.5 Å². The van der Waals surface area contributed by atoms with E-state index in [4.69, 9.17) is 28.3 Å². The molecule has 17 heavy (non-hydrogen) atoms. The summed E-state index contributed by atoms with van der Waals surface area (Å²) in [6, 6.07) is 4.51. The van der Waals surface area contributed by atoms with Gasteiger partial charge < -0.3 is 15.3 Å². The normalized spacial score (nSPS) is 10.1. The molecule has 2 amide bonds. The van der Waals surface area contributed by atoms with E-state index in [1.54, 1.807) is 18.2 Å². The Kier molecular flexibility index (Phi) is 5.55. The summed E-state index contributed by atoms with van der Waals surface area (Å²) in [7, 11) is 0. The molecule has 0 saturated carbocycles. The Bertz CT molecular complexity index is 379. The summed E-state index contributed by atoms with van der Waals surface area (Å²) in [5.41, 5.74) is 0.531. The number of carbonyl (C=O) groups is 1. The van der Waals surface area contributed by atoms with Crippen molar-refractivity contribution in [3.63, 3.8) is 0 Å². The van der Waals surface area contributed by atoms with Crippen LogP contribution in [0.15, 0.2) is 18.2 Å². The molecule has 0 fully saturated rings. The standard InChI is InChI=1S/C11H14Cl2N2O2/c1-2-15(3-4-16)11(17)14-10-6-8(12)5-9(13)7-10/h5-7,16H,2-4H2,1H3,(H,14,17). The Morgan fingerprint density at radius 2 is 1.94 bits per heavy atom. The van der Waals surface area contributed by atoms with E-state index in [1.165, 1.54) is 4.90 Å². The van der Waals surface area contributed by atoms with Crippen molar-refractivity contribution in [2.75, 3.05) is 25.0 Å². The molecule has 0 spiro atoms. The number of benzene rings is 1. The van der Waals surface area contributed by atoms with Crippen molar-refractivity contribution in [1.82, 2.24) is 4.90 Å². The molecular formula is C11H14Cl2N2O2. The molecule has 0 bridgehead atoms. The molecule has 1 aromatic carbocycles. The van der Waals surface area contributed by atoms with E-state index in [2.05, 4.69) is 5.32 Å². The molecule has 94 valence electrons. The fourth-order valence-electron chi connectivity index (χ4n) is 1.35. The average molecular weight is 277 g/mol. The number of aliphatic hydroxyl groups is 1. The highest BCUT2D eigenvalue weighted by atomic mass is 35.5. The molecule has 0 radical (unpaired) electrons. The van der Waals surface area contributed by atoms with E-state index >= 15 is 0 Å². The molecule has 2 N–H and O–H groups in total. The Labute approximate surface area is 110 Å². The van der Waals surface area contributed by atoms with Crippen LogP contribution in [-0.2, 0) is 0 Å². The van der Waals surface area contributed by atoms with Crippen LogP contribution in [0.5, 0.6) is 0 Å². The van der Waals surface area contributed by atoms with Crippen molar-refractivity contribution in [2.24, 2.45) is 0 Å². The largest absolute Gasteiger partial charge is 0.395 e. The first-order valence-electron chi connectivity index (χ1n) is 5.19. The van der Waals surface area contributed by atoms with Gasteiger partial charge in [0.1, 0.15) is 0 Å². The summed E-state index contributed by atoms with van der Waals surface area (Å²) in [6.45, 7) is 2.56. The maximum atomic E-state index is 11.8. The molecule has 0 unspecified atom stereocenters. The number of carbonyl (C=O) groups excluding carboxylic acids is 1. The van der Waals surface area contributed by atoms with Gasteiger partial charge >= 0.3 is 6.03 Å². The Morgan fingerprint density at radius 1 is 1.35 bits per heavy atom. The van der Waals surface area contributed by atoms with E-state index in [-0.39, 0.29) is 19.2 Å². The van der Waals surface area contributed by atoms with E-state index in [0.29, 0.717) is 22.3 Å². The molecular weight excluding hydrogens is 263 g/mol. The highest BCUT2D eigenvalue weighted by Gasteiger charge is 2.11. The third kappa shape index (κ3) is 4.42. The van der Waals surface area contributed by atoms with Crippen LogP contribution in [-0.4, -0.2) is 35.7 Å². The maximum absolute atomic E-state index is 11.8. The first-order chi connectivity index (χ1) is 8.06. The van der Waals surface area contributed by atoms with Crippen LogP contribution in [0.3, 0.4) is 0 Å². The lowest BCUT2D eigenvalue weighted by Crippen LogP contribution is -2.36. The summed E-state index contributed by atoms with van der Waals surface area (Å²) in [5, 5.41) is 12.4. The molecule has 1 aromatic rings. The first kappa shape index (κ1) is 14.1. The van der Waals surface area contributed by atoms with Crippen molar-refractivity contribution in [3.05, 3.63) is 28.2 Å². The predicted molar refractivity (Wildman–Crippen MR) is 69.8 cm³/mol. The second-order valence-corrected chi connectivity index (χ2v) is 4.26. The summed E-state index contributed by atoms with van der Waals surface area (Å²) < 4.78 is 0. The predicted octanol–water partition coefficient (Wildman–Crippen LogP) is 2.84. The van der Waals surface area contributed by atoms with E-state index in [9.17, 15) is 4.79 Å². The minimum atomic E-state index is -0.292. The molecule has 0 aliphatic rings. The Balaban J connectivity index is 2.72. The van der Waals surface area contributed by atoms with Gasteiger partial charge in [0.05, 0.1) is 6.61 Å². The number of hydrogen-bond acceptors (Lipinski definition) is 2. The number of urea groups is 1. The molecule has 0 atom stereocenters. The number of anilines is 1. The van der Waals surface area contributed by atoms with Gasteiger partial charge in [0.25, 0.3) is 0 Å². The van der Waals surface area contributed by atoms with Crippen molar-refractivity contribution >= 4 is 34.9 Å². The number of likely N-dealkylation sites (N-methyl/N-ethyl adjacent to an activating group) is 1. The fourth-order valence-corrected chi connectivity index (χ4v) is 1.88. The Hall–Kier alpha value is -0.970. The van der Waals surface area contributed by atoms with Gasteiger partial charge in [-0.15, -0.1) is 0 Å². The lowest BCUT2D eigenvalue weighted by atomic mass is 10.3. The quantitative estimate of drug-likeness (QED) is 0.889. The van der Waals surface area contributed by atoms with Crippen LogP contribution in [0.25, 0.3) is 0 Å². The van der Waals surface area contributed by atoms with Gasteiger partial charge in [0.2, 0.25) is 0 Å².